The van der Waals surface area contributed by atoms with Gasteiger partial charge in [0.25, 0.3) is 0 Å². The zero-order valence-electron chi connectivity index (χ0n) is 19.5. The summed E-state index contributed by atoms with van der Waals surface area (Å²) < 4.78 is 14.4. The summed E-state index contributed by atoms with van der Waals surface area (Å²) in [5.41, 5.74) is 9.20. The predicted molar refractivity (Wildman–Crippen MR) is 138 cm³/mol. The summed E-state index contributed by atoms with van der Waals surface area (Å²) in [6, 6.07) is 9.20. The normalized spacial score (nSPS) is 16.8. The van der Waals surface area contributed by atoms with E-state index in [1.807, 2.05) is 19.9 Å². The molecule has 182 valence electrons. The molecule has 1 aliphatic rings. The molecule has 5 N–H and O–H groups in total. The number of fused-ring (bicyclic) bond motifs is 1. The van der Waals surface area contributed by atoms with Gasteiger partial charge in [0.15, 0.2) is 0 Å². The average Bonchev–Trinajstić information content (AvgIpc) is 2.85. The van der Waals surface area contributed by atoms with Crippen molar-refractivity contribution in [1.29, 1.82) is 5.41 Å². The van der Waals surface area contributed by atoms with Gasteiger partial charge in [0, 0.05) is 48.0 Å². The Bertz CT molecular complexity index is 1310. The van der Waals surface area contributed by atoms with Crippen LogP contribution in [0.5, 0.6) is 0 Å². The highest BCUT2D eigenvalue weighted by Gasteiger charge is 2.26. The number of pyridine rings is 2. The lowest BCUT2D eigenvalue weighted by molar-refractivity contribution is -0.123. The van der Waals surface area contributed by atoms with Crippen LogP contribution in [0.25, 0.3) is 22.3 Å². The van der Waals surface area contributed by atoms with Gasteiger partial charge < -0.3 is 26.7 Å². The van der Waals surface area contributed by atoms with E-state index in [0.29, 0.717) is 41.4 Å². The second-order valence-corrected chi connectivity index (χ2v) is 9.08. The Morgan fingerprint density at radius 2 is 2.11 bits per heavy atom. The molecule has 0 saturated carbocycles. The van der Waals surface area contributed by atoms with Gasteiger partial charge in [0.1, 0.15) is 11.9 Å². The highest BCUT2D eigenvalue weighted by atomic mass is 35.5. The van der Waals surface area contributed by atoms with Gasteiger partial charge in [0.2, 0.25) is 5.91 Å². The predicted octanol–water partition coefficient (Wildman–Crippen LogP) is 3.20. The zero-order valence-corrected chi connectivity index (χ0v) is 20.2. The van der Waals surface area contributed by atoms with E-state index >= 15 is 0 Å². The van der Waals surface area contributed by atoms with E-state index in [2.05, 4.69) is 25.5 Å². The maximum Gasteiger partial charge on any atom is 0.239 e. The average molecular weight is 496 g/mol. The van der Waals surface area contributed by atoms with Crippen molar-refractivity contribution in [3.8, 4) is 0 Å². The molecule has 1 aliphatic heterocycles. The quantitative estimate of drug-likeness (QED) is 0.390. The number of rotatable bonds is 6. The number of aromatic nitrogens is 2. The van der Waals surface area contributed by atoms with Crippen LogP contribution in [0.1, 0.15) is 25.1 Å². The molecule has 8 nitrogen and oxygen atoms in total. The number of piperazine rings is 1. The number of carbonyl (C=O) groups excluding carboxylic acids is 1. The third-order valence-corrected chi connectivity index (χ3v) is 5.98. The van der Waals surface area contributed by atoms with Gasteiger partial charge in [-0.15, -0.1) is 0 Å². The third-order valence-electron chi connectivity index (χ3n) is 5.74. The Labute approximate surface area is 207 Å². The Hall–Kier alpha value is -3.56. The minimum absolute atomic E-state index is 0.0386. The minimum atomic E-state index is -0.536. The summed E-state index contributed by atoms with van der Waals surface area (Å²) >= 11 is 6.02. The van der Waals surface area contributed by atoms with Crippen molar-refractivity contribution in [3.05, 3.63) is 64.7 Å². The number of amides is 1. The lowest BCUT2D eigenvalue weighted by Gasteiger charge is -2.34. The van der Waals surface area contributed by atoms with Crippen molar-refractivity contribution >= 4 is 51.7 Å². The van der Waals surface area contributed by atoms with Crippen LogP contribution in [-0.2, 0) is 4.79 Å². The number of halogens is 2. The van der Waals surface area contributed by atoms with Crippen molar-refractivity contribution in [3.63, 3.8) is 0 Å². The Morgan fingerprint density at radius 3 is 2.86 bits per heavy atom. The summed E-state index contributed by atoms with van der Waals surface area (Å²) in [6.45, 7) is 5.73. The number of nitrogens with two attached hydrogens (primary N) is 1. The highest BCUT2D eigenvalue weighted by molar-refractivity contribution is 6.31. The first-order valence-electron chi connectivity index (χ1n) is 11.3. The topological polar surface area (TPSA) is 120 Å². The van der Waals surface area contributed by atoms with Crippen LogP contribution < -0.4 is 21.3 Å². The molecule has 3 heterocycles. The van der Waals surface area contributed by atoms with Crippen LogP contribution in [0.15, 0.2) is 42.6 Å². The number of nitrogens with one attached hydrogen (secondary N) is 3. The highest BCUT2D eigenvalue weighted by Crippen LogP contribution is 2.27. The van der Waals surface area contributed by atoms with Gasteiger partial charge in [-0.2, -0.15) is 0 Å². The number of anilines is 1. The lowest BCUT2D eigenvalue weighted by atomic mass is 10.0. The molecule has 3 aromatic rings. The molecular weight excluding hydrogens is 469 g/mol. The minimum Gasteiger partial charge on any atom is -0.398 e. The molecule has 0 bridgehead atoms. The largest absolute Gasteiger partial charge is 0.398 e. The van der Waals surface area contributed by atoms with E-state index in [9.17, 15) is 9.18 Å². The molecule has 10 heteroatoms. The summed E-state index contributed by atoms with van der Waals surface area (Å²) in [4.78, 5) is 23.8. The second kappa shape index (κ2) is 10.4. The first-order chi connectivity index (χ1) is 16.8. The van der Waals surface area contributed by atoms with Crippen LogP contribution in [0, 0.1) is 11.2 Å². The molecule has 0 aliphatic carbocycles. The van der Waals surface area contributed by atoms with Crippen LogP contribution >= 0.6 is 11.6 Å². The molecule has 1 atom stereocenters. The van der Waals surface area contributed by atoms with Crippen molar-refractivity contribution in [2.24, 2.45) is 5.73 Å². The van der Waals surface area contributed by atoms with Gasteiger partial charge in [-0.1, -0.05) is 11.6 Å². The molecule has 1 unspecified atom stereocenters. The number of nitrogens with zero attached hydrogens (tertiary/aromatic N) is 3. The van der Waals surface area contributed by atoms with E-state index in [0.717, 1.165) is 11.9 Å². The van der Waals surface area contributed by atoms with E-state index < -0.39 is 5.82 Å². The van der Waals surface area contributed by atoms with Gasteiger partial charge in [-0.25, -0.2) is 9.37 Å². The first-order valence-corrected chi connectivity index (χ1v) is 11.7. The molecule has 35 heavy (non-hydrogen) atoms. The SMILES string of the molecule is CC(C)NC(=O)C1CN(c2cnc3ccc(C(C=N)=C(N)c4cc(Cl)ccc4F)nc3c2)CCN1. The Morgan fingerprint density at radius 1 is 1.31 bits per heavy atom. The molecule has 4 rings (SSSR count). The number of hydrogen-bond donors (Lipinski definition) is 4. The molecule has 1 aromatic carbocycles. The number of allylic oxidation sites excluding steroid dienone is 1. The maximum atomic E-state index is 14.4. The molecule has 0 radical (unpaired) electrons. The fraction of sp³-hybridized carbons (Fsp3) is 0.280. The van der Waals surface area contributed by atoms with E-state index in [4.69, 9.17) is 22.7 Å². The third kappa shape index (κ3) is 5.41. The number of carbonyl (C=O) groups is 1. The zero-order chi connectivity index (χ0) is 25.1. The molecule has 2 aromatic heterocycles. The molecule has 1 amide bonds. The van der Waals surface area contributed by atoms with Gasteiger partial charge in [-0.05, 0) is 50.2 Å². The summed E-state index contributed by atoms with van der Waals surface area (Å²) in [7, 11) is 0. The Balaban J connectivity index is 1.67. The number of benzene rings is 1. The lowest BCUT2D eigenvalue weighted by Crippen LogP contribution is -2.58. The van der Waals surface area contributed by atoms with Crippen molar-refractivity contribution in [2.45, 2.75) is 25.9 Å². The fourth-order valence-corrected chi connectivity index (χ4v) is 4.17. The molecule has 1 fully saturated rings. The van der Waals surface area contributed by atoms with Gasteiger partial charge in [0.05, 0.1) is 34.3 Å². The van der Waals surface area contributed by atoms with Crippen LogP contribution in [0.3, 0.4) is 0 Å². The van der Waals surface area contributed by atoms with Crippen molar-refractivity contribution in [2.75, 3.05) is 24.5 Å². The maximum absolute atomic E-state index is 14.4. The summed E-state index contributed by atoms with van der Waals surface area (Å²) in [5, 5.41) is 14.4. The van der Waals surface area contributed by atoms with Crippen molar-refractivity contribution < 1.29 is 9.18 Å². The van der Waals surface area contributed by atoms with Gasteiger partial charge in [-0.3, -0.25) is 9.78 Å². The van der Waals surface area contributed by atoms with Crippen LogP contribution in [0.2, 0.25) is 5.02 Å². The summed E-state index contributed by atoms with van der Waals surface area (Å²) in [6.07, 6.45) is 2.81. The second-order valence-electron chi connectivity index (χ2n) is 8.64. The number of hydrogen-bond acceptors (Lipinski definition) is 7. The van der Waals surface area contributed by atoms with Crippen LogP contribution in [0.4, 0.5) is 10.1 Å². The monoisotopic (exact) mass is 495 g/mol. The summed E-state index contributed by atoms with van der Waals surface area (Å²) in [5.74, 6) is -0.575. The standard InChI is InChI=1S/C25H27ClFN7O/c1-14(2)32-25(35)23-13-34(8-7-30-23)16-10-22-21(31-12-16)6-5-20(33-22)18(11-28)24(29)17-9-15(26)3-4-19(17)27/h3-6,9-12,14,23,28,30H,7-8,13,29H2,1-2H3,(H,32,35). The van der Waals surface area contributed by atoms with E-state index in [-0.39, 0.29) is 34.8 Å². The fourth-order valence-electron chi connectivity index (χ4n) is 4.00. The molecule has 1 saturated heterocycles. The first kappa shape index (κ1) is 24.6. The van der Waals surface area contributed by atoms with Gasteiger partial charge >= 0.3 is 0 Å². The van der Waals surface area contributed by atoms with Crippen LogP contribution in [-0.4, -0.2) is 53.8 Å². The smallest absolute Gasteiger partial charge is 0.239 e. The van der Waals surface area contributed by atoms with E-state index in [1.165, 1.54) is 18.2 Å². The molecule has 0 spiro atoms. The van der Waals surface area contributed by atoms with E-state index in [1.54, 1.807) is 18.3 Å². The van der Waals surface area contributed by atoms with Crippen molar-refractivity contribution in [1.82, 2.24) is 20.6 Å². The Kier molecular flexibility index (Phi) is 7.28. The molecular formula is C25H27ClFN7O.